The van der Waals surface area contributed by atoms with Crippen LogP contribution in [0.4, 0.5) is 5.69 Å². The van der Waals surface area contributed by atoms with Crippen LogP contribution >= 0.6 is 11.8 Å². The summed E-state index contributed by atoms with van der Waals surface area (Å²) in [5.74, 6) is 1.31. The fraction of sp³-hybridized carbons (Fsp3) is 0.529. The summed E-state index contributed by atoms with van der Waals surface area (Å²) < 4.78 is 2.12. The standard InChI is InChI=1S/C17H23N5O2S/c1-11(2)21-16(13-5-4-8-18-10-13)19-20-17(21)25-15-7-6-12(3)9-14(15)22(23)24/h6-7,9,11,13,18H,4-5,8,10H2,1-3H3. The van der Waals surface area contributed by atoms with Crippen molar-refractivity contribution in [1.29, 1.82) is 0 Å². The topological polar surface area (TPSA) is 85.9 Å². The molecule has 1 fully saturated rings. The summed E-state index contributed by atoms with van der Waals surface area (Å²) in [6.45, 7) is 7.99. The summed E-state index contributed by atoms with van der Waals surface area (Å²) in [5, 5.41) is 24.3. The van der Waals surface area contributed by atoms with Crippen LogP contribution in [0, 0.1) is 17.0 Å². The highest BCUT2D eigenvalue weighted by molar-refractivity contribution is 7.99. The maximum Gasteiger partial charge on any atom is 0.283 e. The molecule has 1 aromatic carbocycles. The minimum absolute atomic E-state index is 0.115. The van der Waals surface area contributed by atoms with Crippen LogP contribution in [0.15, 0.2) is 28.3 Å². The molecule has 1 atom stereocenters. The van der Waals surface area contributed by atoms with E-state index in [1.54, 1.807) is 12.1 Å². The Bertz CT molecular complexity index is 768. The Balaban J connectivity index is 1.96. The zero-order valence-electron chi connectivity index (χ0n) is 14.7. The van der Waals surface area contributed by atoms with Crippen LogP contribution in [0.2, 0.25) is 0 Å². The summed E-state index contributed by atoms with van der Waals surface area (Å²) >= 11 is 1.32. The van der Waals surface area contributed by atoms with Gasteiger partial charge in [-0.3, -0.25) is 10.1 Å². The van der Waals surface area contributed by atoms with E-state index in [1.165, 1.54) is 11.8 Å². The number of aromatic nitrogens is 3. The summed E-state index contributed by atoms with van der Waals surface area (Å²) in [4.78, 5) is 11.6. The van der Waals surface area contributed by atoms with Crippen molar-refractivity contribution >= 4 is 17.4 Å². The van der Waals surface area contributed by atoms with Crippen LogP contribution in [0.25, 0.3) is 0 Å². The zero-order valence-corrected chi connectivity index (χ0v) is 15.5. The highest BCUT2D eigenvalue weighted by Gasteiger charge is 2.26. The van der Waals surface area contributed by atoms with E-state index in [0.717, 1.165) is 37.3 Å². The first kappa shape index (κ1) is 17.9. The van der Waals surface area contributed by atoms with Gasteiger partial charge in [-0.25, -0.2) is 0 Å². The van der Waals surface area contributed by atoms with Gasteiger partial charge in [0.1, 0.15) is 5.82 Å². The van der Waals surface area contributed by atoms with Crippen LogP contribution in [0.3, 0.4) is 0 Å². The molecular weight excluding hydrogens is 338 g/mol. The lowest BCUT2D eigenvalue weighted by molar-refractivity contribution is -0.387. The Morgan fingerprint density at radius 2 is 2.20 bits per heavy atom. The molecule has 7 nitrogen and oxygen atoms in total. The van der Waals surface area contributed by atoms with Gasteiger partial charge >= 0.3 is 0 Å². The van der Waals surface area contributed by atoms with Crippen LogP contribution in [0.5, 0.6) is 0 Å². The molecule has 3 rings (SSSR count). The van der Waals surface area contributed by atoms with Gasteiger partial charge in [0.25, 0.3) is 5.69 Å². The molecule has 1 aliphatic rings. The Labute approximate surface area is 151 Å². The van der Waals surface area contributed by atoms with Gasteiger partial charge in [0.05, 0.1) is 9.82 Å². The fourth-order valence-corrected chi connectivity index (χ4v) is 4.20. The first-order chi connectivity index (χ1) is 12.0. The number of hydrogen-bond donors (Lipinski definition) is 1. The summed E-state index contributed by atoms with van der Waals surface area (Å²) in [5.41, 5.74) is 0.986. The number of nitro benzene ring substituents is 1. The molecule has 8 heteroatoms. The van der Waals surface area contributed by atoms with Crippen LogP contribution < -0.4 is 5.32 Å². The van der Waals surface area contributed by atoms with E-state index in [4.69, 9.17) is 0 Å². The molecule has 0 aliphatic carbocycles. The van der Waals surface area contributed by atoms with Crippen molar-refractivity contribution in [3.63, 3.8) is 0 Å². The third kappa shape index (κ3) is 3.85. The molecule has 134 valence electrons. The largest absolute Gasteiger partial charge is 0.316 e. The summed E-state index contributed by atoms with van der Waals surface area (Å²) in [6, 6.07) is 5.47. The molecule has 0 radical (unpaired) electrons. The minimum atomic E-state index is -0.336. The van der Waals surface area contributed by atoms with Crippen molar-refractivity contribution in [2.75, 3.05) is 13.1 Å². The van der Waals surface area contributed by atoms with Gasteiger partial charge in [-0.2, -0.15) is 0 Å². The van der Waals surface area contributed by atoms with E-state index in [0.29, 0.717) is 16.0 Å². The lowest BCUT2D eigenvalue weighted by Crippen LogP contribution is -2.30. The Kier molecular flexibility index (Phi) is 5.39. The van der Waals surface area contributed by atoms with Gasteiger partial charge in [-0.1, -0.05) is 6.07 Å². The van der Waals surface area contributed by atoms with E-state index in [9.17, 15) is 10.1 Å². The van der Waals surface area contributed by atoms with E-state index < -0.39 is 0 Å². The Morgan fingerprint density at radius 1 is 1.40 bits per heavy atom. The molecule has 2 aromatic rings. The highest BCUT2D eigenvalue weighted by atomic mass is 32.2. The molecule has 0 saturated carbocycles. The molecule has 1 saturated heterocycles. The molecule has 1 aliphatic heterocycles. The Hall–Kier alpha value is -1.93. The van der Waals surface area contributed by atoms with Crippen molar-refractivity contribution in [3.05, 3.63) is 39.7 Å². The number of piperidine rings is 1. The predicted molar refractivity (Wildman–Crippen MR) is 97.2 cm³/mol. The monoisotopic (exact) mass is 361 g/mol. The number of benzene rings is 1. The van der Waals surface area contributed by atoms with Crippen molar-refractivity contribution in [1.82, 2.24) is 20.1 Å². The number of hydrogen-bond acceptors (Lipinski definition) is 6. The second kappa shape index (κ2) is 7.53. The molecule has 2 heterocycles. The predicted octanol–water partition coefficient (Wildman–Crippen LogP) is 3.69. The van der Waals surface area contributed by atoms with Crippen molar-refractivity contribution < 1.29 is 4.92 Å². The molecule has 1 aromatic heterocycles. The molecule has 0 bridgehead atoms. The number of nitro groups is 1. The smallest absolute Gasteiger partial charge is 0.283 e. The van der Waals surface area contributed by atoms with Gasteiger partial charge in [0.2, 0.25) is 0 Å². The van der Waals surface area contributed by atoms with Gasteiger partial charge in [-0.05, 0) is 63.5 Å². The first-order valence-electron chi connectivity index (χ1n) is 8.55. The minimum Gasteiger partial charge on any atom is -0.316 e. The highest BCUT2D eigenvalue weighted by Crippen LogP contribution is 2.37. The number of nitrogens with zero attached hydrogens (tertiary/aromatic N) is 4. The lowest BCUT2D eigenvalue weighted by Gasteiger charge is -2.24. The maximum absolute atomic E-state index is 11.4. The molecule has 0 spiro atoms. The number of rotatable bonds is 5. The van der Waals surface area contributed by atoms with Crippen LogP contribution in [-0.2, 0) is 0 Å². The average Bonchev–Trinajstić information content (AvgIpc) is 3.01. The third-order valence-electron chi connectivity index (χ3n) is 4.38. The van der Waals surface area contributed by atoms with E-state index in [-0.39, 0.29) is 16.7 Å². The van der Waals surface area contributed by atoms with E-state index in [2.05, 4.69) is 33.9 Å². The van der Waals surface area contributed by atoms with E-state index in [1.807, 2.05) is 13.0 Å². The first-order valence-corrected chi connectivity index (χ1v) is 9.37. The van der Waals surface area contributed by atoms with Crippen molar-refractivity contribution in [3.8, 4) is 0 Å². The SMILES string of the molecule is Cc1ccc(Sc2nnc(C3CCCNC3)n2C(C)C)c([N+](=O)[O-])c1. The molecule has 0 amide bonds. The van der Waals surface area contributed by atoms with Gasteiger partial charge < -0.3 is 9.88 Å². The molecule has 1 N–H and O–H groups in total. The second-order valence-corrected chi connectivity index (χ2v) is 7.69. The van der Waals surface area contributed by atoms with Crippen LogP contribution in [0.1, 0.15) is 50.0 Å². The third-order valence-corrected chi connectivity index (χ3v) is 5.41. The molecule has 1 unspecified atom stereocenters. The van der Waals surface area contributed by atoms with Crippen molar-refractivity contribution in [2.45, 2.75) is 55.6 Å². The normalized spacial score (nSPS) is 17.8. The number of nitrogens with one attached hydrogen (secondary N) is 1. The van der Waals surface area contributed by atoms with Gasteiger partial charge in [0, 0.05) is 24.6 Å². The summed E-state index contributed by atoms with van der Waals surface area (Å²) in [7, 11) is 0. The Morgan fingerprint density at radius 3 is 2.84 bits per heavy atom. The van der Waals surface area contributed by atoms with E-state index >= 15 is 0 Å². The van der Waals surface area contributed by atoms with Gasteiger partial charge in [0.15, 0.2) is 5.16 Å². The fourth-order valence-electron chi connectivity index (χ4n) is 3.15. The zero-order chi connectivity index (χ0) is 18.0. The summed E-state index contributed by atoms with van der Waals surface area (Å²) in [6.07, 6.45) is 2.22. The lowest BCUT2D eigenvalue weighted by atomic mass is 9.98. The average molecular weight is 361 g/mol. The molecule has 25 heavy (non-hydrogen) atoms. The molecular formula is C17H23N5O2S. The second-order valence-electron chi connectivity index (χ2n) is 6.68. The van der Waals surface area contributed by atoms with Crippen molar-refractivity contribution in [2.24, 2.45) is 0 Å². The van der Waals surface area contributed by atoms with Crippen LogP contribution in [-0.4, -0.2) is 32.8 Å². The van der Waals surface area contributed by atoms with Gasteiger partial charge in [-0.15, -0.1) is 10.2 Å². The number of aryl methyl sites for hydroxylation is 1. The maximum atomic E-state index is 11.4. The quantitative estimate of drug-likeness (QED) is 0.645.